The topological polar surface area (TPSA) is 56.3 Å². The van der Waals surface area contributed by atoms with Crippen LogP contribution in [0.15, 0.2) is 48.5 Å². The highest BCUT2D eigenvalue weighted by Crippen LogP contribution is 2.27. The van der Waals surface area contributed by atoms with Crippen LogP contribution in [0.1, 0.15) is 13.8 Å². The zero-order valence-corrected chi connectivity index (χ0v) is 17.7. The van der Waals surface area contributed by atoms with Gasteiger partial charge in [-0.1, -0.05) is 0 Å². The molecular formula is C23H28N4O3. The van der Waals surface area contributed by atoms with E-state index in [1.54, 1.807) is 12.0 Å². The molecule has 0 radical (unpaired) electrons. The van der Waals surface area contributed by atoms with E-state index in [-0.39, 0.29) is 24.5 Å². The molecule has 0 saturated carbocycles. The van der Waals surface area contributed by atoms with Gasteiger partial charge >= 0.3 is 6.03 Å². The first-order valence-corrected chi connectivity index (χ1v) is 10.4. The van der Waals surface area contributed by atoms with Crippen molar-refractivity contribution >= 4 is 29.0 Å². The Morgan fingerprint density at radius 3 is 1.67 bits per heavy atom. The van der Waals surface area contributed by atoms with Gasteiger partial charge in [-0.15, -0.1) is 0 Å². The van der Waals surface area contributed by atoms with Crippen LogP contribution in [0.3, 0.4) is 0 Å². The molecule has 30 heavy (non-hydrogen) atoms. The van der Waals surface area contributed by atoms with Crippen LogP contribution < -0.4 is 19.4 Å². The van der Waals surface area contributed by atoms with E-state index < -0.39 is 0 Å². The molecule has 0 unspecified atom stereocenters. The van der Waals surface area contributed by atoms with Crippen LogP contribution in [-0.2, 0) is 4.79 Å². The lowest BCUT2D eigenvalue weighted by Crippen LogP contribution is -2.46. The maximum Gasteiger partial charge on any atom is 0.331 e. The molecule has 0 aromatic heterocycles. The van der Waals surface area contributed by atoms with Crippen LogP contribution in [0.5, 0.6) is 5.75 Å². The van der Waals surface area contributed by atoms with Gasteiger partial charge in [0, 0.05) is 49.3 Å². The van der Waals surface area contributed by atoms with Crippen molar-refractivity contribution in [1.29, 1.82) is 0 Å². The minimum atomic E-state index is -0.240. The molecule has 2 saturated heterocycles. The van der Waals surface area contributed by atoms with Gasteiger partial charge in [-0.25, -0.2) is 4.79 Å². The fraction of sp³-hybridized carbons (Fsp3) is 0.391. The number of nitrogens with zero attached hydrogens (tertiary/aromatic N) is 4. The number of urea groups is 1. The van der Waals surface area contributed by atoms with Crippen molar-refractivity contribution in [2.75, 3.05) is 54.5 Å². The van der Waals surface area contributed by atoms with Crippen molar-refractivity contribution < 1.29 is 14.3 Å². The molecule has 2 aromatic rings. The number of carbonyl (C=O) groups excluding carboxylic acids is 2. The molecule has 7 heteroatoms. The Bertz CT molecular complexity index is 903. The van der Waals surface area contributed by atoms with Gasteiger partial charge in [-0.2, -0.15) is 0 Å². The van der Waals surface area contributed by atoms with E-state index in [0.29, 0.717) is 0 Å². The number of hydrogen-bond donors (Lipinski definition) is 0. The third-order valence-electron chi connectivity index (χ3n) is 5.76. The second-order valence-electron chi connectivity index (χ2n) is 7.91. The zero-order valence-electron chi connectivity index (χ0n) is 17.7. The Morgan fingerprint density at radius 1 is 0.767 bits per heavy atom. The van der Waals surface area contributed by atoms with Crippen molar-refractivity contribution in [2.45, 2.75) is 19.9 Å². The molecule has 0 aliphatic carbocycles. The summed E-state index contributed by atoms with van der Waals surface area (Å²) in [7, 11) is 1.68. The lowest BCUT2D eigenvalue weighted by Gasteiger charge is -2.37. The monoisotopic (exact) mass is 408 g/mol. The first-order valence-electron chi connectivity index (χ1n) is 10.4. The van der Waals surface area contributed by atoms with Crippen LogP contribution in [0.25, 0.3) is 0 Å². The van der Waals surface area contributed by atoms with E-state index in [9.17, 15) is 9.59 Å². The van der Waals surface area contributed by atoms with Crippen molar-refractivity contribution in [1.82, 2.24) is 4.90 Å². The van der Waals surface area contributed by atoms with E-state index in [2.05, 4.69) is 21.9 Å². The lowest BCUT2D eigenvalue weighted by molar-refractivity contribution is -0.125. The fourth-order valence-corrected chi connectivity index (χ4v) is 4.09. The molecule has 0 spiro atoms. The van der Waals surface area contributed by atoms with Gasteiger partial charge < -0.3 is 14.5 Å². The third kappa shape index (κ3) is 3.79. The first kappa shape index (κ1) is 20.1. The highest BCUT2D eigenvalue weighted by atomic mass is 16.5. The predicted molar refractivity (Wildman–Crippen MR) is 119 cm³/mol. The number of imide groups is 1. The quantitative estimate of drug-likeness (QED) is 0.711. The van der Waals surface area contributed by atoms with Crippen LogP contribution in [0.4, 0.5) is 21.9 Å². The summed E-state index contributed by atoms with van der Waals surface area (Å²) in [6.07, 6.45) is 0. The highest BCUT2D eigenvalue weighted by Gasteiger charge is 2.38. The van der Waals surface area contributed by atoms with Gasteiger partial charge in [0.15, 0.2) is 0 Å². The number of piperazine rings is 1. The smallest absolute Gasteiger partial charge is 0.331 e. The van der Waals surface area contributed by atoms with Gasteiger partial charge in [0.2, 0.25) is 0 Å². The van der Waals surface area contributed by atoms with Crippen molar-refractivity contribution in [3.8, 4) is 5.75 Å². The van der Waals surface area contributed by atoms with Crippen molar-refractivity contribution in [2.24, 2.45) is 0 Å². The number of ether oxygens (including phenoxy) is 1. The summed E-state index contributed by atoms with van der Waals surface area (Å²) < 4.78 is 5.24. The molecule has 158 valence electrons. The summed E-state index contributed by atoms with van der Waals surface area (Å²) in [5, 5.41) is 0. The van der Waals surface area contributed by atoms with Crippen LogP contribution in [0, 0.1) is 0 Å². The maximum absolute atomic E-state index is 12.6. The second kappa shape index (κ2) is 8.26. The molecular weight excluding hydrogens is 380 g/mol. The van der Waals surface area contributed by atoms with E-state index in [1.165, 1.54) is 10.6 Å². The lowest BCUT2D eigenvalue weighted by atomic mass is 10.2. The third-order valence-corrected chi connectivity index (χ3v) is 5.76. The number of carbonyl (C=O) groups is 2. The van der Waals surface area contributed by atoms with Crippen molar-refractivity contribution in [3.63, 3.8) is 0 Å². The number of hydrogen-bond acceptors (Lipinski definition) is 5. The predicted octanol–water partition coefficient (Wildman–Crippen LogP) is 3.20. The van der Waals surface area contributed by atoms with Crippen molar-refractivity contribution in [3.05, 3.63) is 48.5 Å². The maximum atomic E-state index is 12.6. The molecule has 0 N–H and O–H groups in total. The van der Waals surface area contributed by atoms with E-state index in [4.69, 9.17) is 4.74 Å². The second-order valence-corrected chi connectivity index (χ2v) is 7.91. The number of rotatable bonds is 5. The number of methoxy groups -OCH3 is 1. The molecule has 2 aromatic carbocycles. The average molecular weight is 409 g/mol. The molecule has 2 heterocycles. The summed E-state index contributed by atoms with van der Waals surface area (Å²) in [5.74, 6) is 0.723. The SMILES string of the molecule is COc1ccc(N2CCN(c3ccc(N4CC(=O)N(C(C)C)C4=O)cc3)CC2)cc1. The zero-order chi connectivity index (χ0) is 21.3. The molecule has 3 amide bonds. The van der Waals surface area contributed by atoms with Crippen LogP contribution in [-0.4, -0.2) is 62.7 Å². The van der Waals surface area contributed by atoms with Crippen LogP contribution >= 0.6 is 0 Å². The Hall–Kier alpha value is -3.22. The van der Waals surface area contributed by atoms with Gasteiger partial charge in [0.05, 0.1) is 7.11 Å². The Morgan fingerprint density at radius 2 is 1.23 bits per heavy atom. The van der Waals surface area contributed by atoms with Gasteiger partial charge in [0.1, 0.15) is 12.3 Å². The van der Waals surface area contributed by atoms with E-state index in [1.807, 2.05) is 50.2 Å². The number of benzene rings is 2. The van der Waals surface area contributed by atoms with Gasteiger partial charge in [0.25, 0.3) is 5.91 Å². The molecule has 0 atom stereocenters. The first-order chi connectivity index (χ1) is 14.5. The molecule has 0 bridgehead atoms. The van der Waals surface area contributed by atoms with Gasteiger partial charge in [-0.3, -0.25) is 14.6 Å². The standard InChI is InChI=1S/C23H28N4O3/c1-17(2)27-22(28)16-26(23(27)29)20-6-4-18(5-7-20)24-12-14-25(15-13-24)19-8-10-21(30-3)11-9-19/h4-11,17H,12-16H2,1-3H3. The molecule has 2 aliphatic heterocycles. The highest BCUT2D eigenvalue weighted by molar-refractivity contribution is 6.12. The molecule has 4 rings (SSSR count). The molecule has 2 aliphatic rings. The summed E-state index contributed by atoms with van der Waals surface area (Å²) in [6, 6.07) is 15.7. The number of amides is 3. The fourth-order valence-electron chi connectivity index (χ4n) is 4.09. The van der Waals surface area contributed by atoms with Crippen LogP contribution in [0.2, 0.25) is 0 Å². The molecule has 7 nitrogen and oxygen atoms in total. The minimum Gasteiger partial charge on any atom is -0.497 e. The average Bonchev–Trinajstić information content (AvgIpc) is 3.08. The summed E-state index contributed by atoms with van der Waals surface area (Å²) in [4.78, 5) is 32.3. The largest absolute Gasteiger partial charge is 0.497 e. The van der Waals surface area contributed by atoms with E-state index in [0.717, 1.165) is 43.3 Å². The summed E-state index contributed by atoms with van der Waals surface area (Å²) >= 11 is 0. The Labute approximate surface area is 177 Å². The molecule has 2 fully saturated rings. The Kier molecular flexibility index (Phi) is 5.53. The normalized spacial score (nSPS) is 17.3. The Balaban J connectivity index is 1.38. The van der Waals surface area contributed by atoms with Gasteiger partial charge in [-0.05, 0) is 62.4 Å². The summed E-state index contributed by atoms with van der Waals surface area (Å²) in [6.45, 7) is 7.55. The van der Waals surface area contributed by atoms with E-state index >= 15 is 0 Å². The summed E-state index contributed by atoms with van der Waals surface area (Å²) in [5.41, 5.74) is 3.10. The number of anilines is 3. The minimum absolute atomic E-state index is 0.108.